The smallest absolute Gasteiger partial charge is 0.255 e. The van der Waals surface area contributed by atoms with Gasteiger partial charge in [-0.1, -0.05) is 17.7 Å². The van der Waals surface area contributed by atoms with Crippen molar-refractivity contribution < 1.29 is 9.59 Å². The van der Waals surface area contributed by atoms with E-state index in [-0.39, 0.29) is 11.8 Å². The molecule has 0 aliphatic rings. The second kappa shape index (κ2) is 7.79. The van der Waals surface area contributed by atoms with Gasteiger partial charge >= 0.3 is 0 Å². The quantitative estimate of drug-likeness (QED) is 0.898. The molecule has 2 aromatic rings. The molecule has 0 aliphatic heterocycles. The number of nitrogens with zero attached hydrogens (tertiary/aromatic N) is 1. The first-order chi connectivity index (χ1) is 11.0. The highest BCUT2D eigenvalue weighted by molar-refractivity contribution is 6.30. The summed E-state index contributed by atoms with van der Waals surface area (Å²) in [6, 6.07) is 13.6. The topological polar surface area (TPSA) is 49.4 Å². The van der Waals surface area contributed by atoms with Gasteiger partial charge in [0, 0.05) is 34.9 Å². The lowest BCUT2D eigenvalue weighted by molar-refractivity contribution is 0.0772. The monoisotopic (exact) mass is 330 g/mol. The molecule has 2 aromatic carbocycles. The Morgan fingerprint density at radius 2 is 1.65 bits per heavy atom. The van der Waals surface area contributed by atoms with Gasteiger partial charge in [0.1, 0.15) is 0 Å². The Hall–Kier alpha value is -2.33. The van der Waals surface area contributed by atoms with E-state index in [4.69, 9.17) is 11.6 Å². The number of hydrogen-bond donors (Lipinski definition) is 1. The minimum Gasteiger partial charge on any atom is -0.339 e. The maximum absolute atomic E-state index is 12.4. The Labute approximate surface area is 141 Å². The summed E-state index contributed by atoms with van der Waals surface area (Å²) in [4.78, 5) is 26.3. The molecule has 0 aromatic heterocycles. The van der Waals surface area contributed by atoms with Crippen molar-refractivity contribution in [2.24, 2.45) is 0 Å². The number of carbonyl (C=O) groups excluding carboxylic acids is 2. The van der Waals surface area contributed by atoms with Gasteiger partial charge in [0.2, 0.25) is 0 Å². The van der Waals surface area contributed by atoms with Crippen molar-refractivity contribution in [2.45, 2.75) is 13.8 Å². The average molecular weight is 331 g/mol. The molecule has 0 heterocycles. The van der Waals surface area contributed by atoms with E-state index in [1.807, 2.05) is 13.8 Å². The van der Waals surface area contributed by atoms with Crippen molar-refractivity contribution in [3.8, 4) is 0 Å². The summed E-state index contributed by atoms with van der Waals surface area (Å²) < 4.78 is 0. The highest BCUT2D eigenvalue weighted by Gasteiger charge is 2.13. The summed E-state index contributed by atoms with van der Waals surface area (Å²) in [7, 11) is 0. The van der Waals surface area contributed by atoms with E-state index in [9.17, 15) is 9.59 Å². The van der Waals surface area contributed by atoms with Gasteiger partial charge in [0.15, 0.2) is 0 Å². The van der Waals surface area contributed by atoms with Crippen molar-refractivity contribution in [2.75, 3.05) is 18.4 Å². The molecule has 5 heteroatoms. The summed E-state index contributed by atoms with van der Waals surface area (Å²) in [6.45, 7) is 5.18. The maximum Gasteiger partial charge on any atom is 0.255 e. The first-order valence-corrected chi connectivity index (χ1v) is 7.89. The molecule has 0 saturated heterocycles. The Bertz CT molecular complexity index is 694. The minimum atomic E-state index is -0.242. The fraction of sp³-hybridized carbons (Fsp3) is 0.222. The molecule has 0 atom stereocenters. The van der Waals surface area contributed by atoms with Crippen LogP contribution < -0.4 is 5.32 Å². The molecule has 0 radical (unpaired) electrons. The molecule has 2 rings (SSSR count). The van der Waals surface area contributed by atoms with Crippen LogP contribution in [-0.4, -0.2) is 29.8 Å². The van der Waals surface area contributed by atoms with Crippen LogP contribution in [0.2, 0.25) is 5.02 Å². The van der Waals surface area contributed by atoms with Crippen molar-refractivity contribution in [1.29, 1.82) is 0 Å². The molecular formula is C18H19ClN2O2. The van der Waals surface area contributed by atoms with E-state index in [0.717, 1.165) is 0 Å². The van der Waals surface area contributed by atoms with E-state index in [0.29, 0.717) is 34.9 Å². The van der Waals surface area contributed by atoms with E-state index in [1.54, 1.807) is 53.4 Å². The number of nitrogens with one attached hydrogen (secondary N) is 1. The third-order valence-electron chi connectivity index (χ3n) is 3.52. The van der Waals surface area contributed by atoms with Gasteiger partial charge < -0.3 is 10.2 Å². The zero-order valence-corrected chi connectivity index (χ0v) is 13.9. The molecule has 120 valence electrons. The summed E-state index contributed by atoms with van der Waals surface area (Å²) in [5.74, 6) is -0.285. The number of anilines is 1. The molecule has 0 aliphatic carbocycles. The van der Waals surface area contributed by atoms with E-state index < -0.39 is 0 Å². The van der Waals surface area contributed by atoms with Gasteiger partial charge in [-0.05, 0) is 56.3 Å². The van der Waals surface area contributed by atoms with Crippen LogP contribution in [0.25, 0.3) is 0 Å². The van der Waals surface area contributed by atoms with Crippen molar-refractivity contribution in [3.05, 3.63) is 64.7 Å². The second-order valence-corrected chi connectivity index (χ2v) is 5.46. The van der Waals surface area contributed by atoms with Crippen molar-refractivity contribution in [1.82, 2.24) is 4.90 Å². The van der Waals surface area contributed by atoms with Gasteiger partial charge in [-0.2, -0.15) is 0 Å². The fourth-order valence-corrected chi connectivity index (χ4v) is 2.35. The SMILES string of the molecule is CCN(CC)C(=O)c1cccc(NC(=O)c2ccc(Cl)cc2)c1. The molecule has 0 bridgehead atoms. The lowest BCUT2D eigenvalue weighted by atomic mass is 10.1. The van der Waals surface area contributed by atoms with Crippen LogP contribution in [0.4, 0.5) is 5.69 Å². The number of amides is 2. The van der Waals surface area contributed by atoms with Crippen LogP contribution in [0.3, 0.4) is 0 Å². The molecule has 23 heavy (non-hydrogen) atoms. The van der Waals surface area contributed by atoms with Gasteiger partial charge in [-0.25, -0.2) is 0 Å². The van der Waals surface area contributed by atoms with Crippen LogP contribution >= 0.6 is 11.6 Å². The van der Waals surface area contributed by atoms with Gasteiger partial charge in [-0.3, -0.25) is 9.59 Å². The number of rotatable bonds is 5. The maximum atomic E-state index is 12.4. The van der Waals surface area contributed by atoms with Crippen LogP contribution in [-0.2, 0) is 0 Å². The number of carbonyl (C=O) groups is 2. The van der Waals surface area contributed by atoms with Crippen LogP contribution in [0, 0.1) is 0 Å². The van der Waals surface area contributed by atoms with Crippen LogP contribution in [0.1, 0.15) is 34.6 Å². The standard InChI is InChI=1S/C18H19ClN2O2/c1-3-21(4-2)18(23)14-6-5-7-16(12-14)20-17(22)13-8-10-15(19)11-9-13/h5-12H,3-4H2,1-2H3,(H,20,22). The number of benzene rings is 2. The minimum absolute atomic E-state index is 0.0439. The Morgan fingerprint density at radius 3 is 2.26 bits per heavy atom. The molecule has 0 spiro atoms. The van der Waals surface area contributed by atoms with Gasteiger partial charge in [0.25, 0.3) is 11.8 Å². The van der Waals surface area contributed by atoms with Gasteiger partial charge in [-0.15, -0.1) is 0 Å². The van der Waals surface area contributed by atoms with Crippen molar-refractivity contribution >= 4 is 29.1 Å². The normalized spacial score (nSPS) is 10.2. The second-order valence-electron chi connectivity index (χ2n) is 5.02. The number of hydrogen-bond acceptors (Lipinski definition) is 2. The Balaban J connectivity index is 2.15. The summed E-state index contributed by atoms with van der Waals surface area (Å²) in [6.07, 6.45) is 0. The molecular weight excluding hydrogens is 312 g/mol. The number of halogens is 1. The third-order valence-corrected chi connectivity index (χ3v) is 3.78. The lowest BCUT2D eigenvalue weighted by Gasteiger charge is -2.19. The summed E-state index contributed by atoms with van der Waals surface area (Å²) in [5, 5.41) is 3.37. The molecule has 0 unspecified atom stereocenters. The Morgan fingerprint density at radius 1 is 1.00 bits per heavy atom. The molecule has 0 saturated carbocycles. The van der Waals surface area contributed by atoms with E-state index in [1.165, 1.54) is 0 Å². The molecule has 1 N–H and O–H groups in total. The largest absolute Gasteiger partial charge is 0.339 e. The average Bonchev–Trinajstić information content (AvgIpc) is 2.56. The summed E-state index contributed by atoms with van der Waals surface area (Å²) in [5.41, 5.74) is 1.65. The van der Waals surface area contributed by atoms with E-state index in [2.05, 4.69) is 5.32 Å². The van der Waals surface area contributed by atoms with Crippen molar-refractivity contribution in [3.63, 3.8) is 0 Å². The van der Waals surface area contributed by atoms with Gasteiger partial charge in [0.05, 0.1) is 0 Å². The third kappa shape index (κ3) is 4.33. The zero-order chi connectivity index (χ0) is 16.8. The predicted molar refractivity (Wildman–Crippen MR) is 93.1 cm³/mol. The molecule has 4 nitrogen and oxygen atoms in total. The van der Waals surface area contributed by atoms with E-state index >= 15 is 0 Å². The first kappa shape index (κ1) is 17.0. The molecule has 0 fully saturated rings. The first-order valence-electron chi connectivity index (χ1n) is 7.51. The van der Waals surface area contributed by atoms with Crippen LogP contribution in [0.15, 0.2) is 48.5 Å². The highest BCUT2D eigenvalue weighted by Crippen LogP contribution is 2.15. The zero-order valence-electron chi connectivity index (χ0n) is 13.2. The molecule has 2 amide bonds. The summed E-state index contributed by atoms with van der Waals surface area (Å²) >= 11 is 5.82. The van der Waals surface area contributed by atoms with Crippen LogP contribution in [0.5, 0.6) is 0 Å². The highest BCUT2D eigenvalue weighted by atomic mass is 35.5. The predicted octanol–water partition coefficient (Wildman–Crippen LogP) is 4.07. The Kier molecular flexibility index (Phi) is 5.77. The lowest BCUT2D eigenvalue weighted by Crippen LogP contribution is -2.30. The fourth-order valence-electron chi connectivity index (χ4n) is 2.23.